The lowest BCUT2D eigenvalue weighted by atomic mass is 9.93. The fourth-order valence-corrected chi connectivity index (χ4v) is 3.72. The first-order valence-electron chi connectivity index (χ1n) is 10.2. The van der Waals surface area contributed by atoms with E-state index in [0.29, 0.717) is 12.1 Å². The first kappa shape index (κ1) is 20.4. The summed E-state index contributed by atoms with van der Waals surface area (Å²) in [6.07, 6.45) is 0.305. The van der Waals surface area contributed by atoms with Crippen molar-refractivity contribution >= 4 is 11.7 Å². The maximum absolute atomic E-state index is 12.1. The highest BCUT2D eigenvalue weighted by Gasteiger charge is 2.23. The number of aryl methyl sites for hydroxylation is 2. The zero-order valence-corrected chi connectivity index (χ0v) is 17.6. The van der Waals surface area contributed by atoms with E-state index in [-0.39, 0.29) is 0 Å². The van der Waals surface area contributed by atoms with Gasteiger partial charge in [0, 0.05) is 17.7 Å². The topological polar surface area (TPSA) is 81.1 Å². The Morgan fingerprint density at radius 1 is 0.968 bits per heavy atom. The fraction of sp³-hybridized carbons (Fsp3) is 0.154. The van der Waals surface area contributed by atoms with E-state index < -0.39 is 11.9 Å². The van der Waals surface area contributed by atoms with Crippen LogP contribution >= 0.6 is 0 Å². The molecule has 4 rings (SSSR count). The lowest BCUT2D eigenvalue weighted by Gasteiger charge is -2.12. The molecule has 0 fully saturated rings. The Morgan fingerprint density at radius 2 is 1.68 bits per heavy atom. The van der Waals surface area contributed by atoms with Crippen molar-refractivity contribution < 1.29 is 9.90 Å². The van der Waals surface area contributed by atoms with Gasteiger partial charge in [-0.2, -0.15) is 5.10 Å². The standard InChI is InChI=1S/C26H25N3O2/c1-17-6-12-23(13-7-17)29-25(19-8-10-21(27)11-9-19)16-22(28-29)15-24(26(30)31)20-5-3-4-18(2)14-20/h3-14,16,24H,15,27H2,1-2H3,(H,30,31). The van der Waals surface area contributed by atoms with Crippen molar-refractivity contribution in [2.45, 2.75) is 26.2 Å². The van der Waals surface area contributed by atoms with Crippen LogP contribution in [-0.2, 0) is 11.2 Å². The van der Waals surface area contributed by atoms with Gasteiger partial charge in [0.1, 0.15) is 0 Å². The molecule has 0 aliphatic rings. The van der Waals surface area contributed by atoms with Crippen molar-refractivity contribution in [2.24, 2.45) is 0 Å². The van der Waals surface area contributed by atoms with E-state index in [9.17, 15) is 9.90 Å². The molecule has 5 heteroatoms. The van der Waals surface area contributed by atoms with E-state index in [0.717, 1.165) is 39.3 Å². The lowest BCUT2D eigenvalue weighted by Crippen LogP contribution is -2.15. The summed E-state index contributed by atoms with van der Waals surface area (Å²) in [5.74, 6) is -1.52. The second-order valence-corrected chi connectivity index (χ2v) is 7.90. The van der Waals surface area contributed by atoms with Crippen LogP contribution < -0.4 is 5.73 Å². The van der Waals surface area contributed by atoms with Crippen LogP contribution in [-0.4, -0.2) is 20.9 Å². The van der Waals surface area contributed by atoms with E-state index in [4.69, 9.17) is 10.8 Å². The summed E-state index contributed by atoms with van der Waals surface area (Å²) in [6, 6.07) is 25.3. The molecule has 4 aromatic rings. The number of carboxylic acids is 1. The normalized spacial score (nSPS) is 11.9. The third kappa shape index (κ3) is 4.51. The molecule has 31 heavy (non-hydrogen) atoms. The fourth-order valence-electron chi connectivity index (χ4n) is 3.72. The molecule has 3 aromatic carbocycles. The number of aromatic nitrogens is 2. The van der Waals surface area contributed by atoms with Gasteiger partial charge in [-0.3, -0.25) is 4.79 Å². The van der Waals surface area contributed by atoms with Crippen LogP contribution in [0.25, 0.3) is 16.9 Å². The number of hydrogen-bond acceptors (Lipinski definition) is 3. The highest BCUT2D eigenvalue weighted by molar-refractivity contribution is 5.76. The third-order valence-electron chi connectivity index (χ3n) is 5.40. The molecule has 1 aromatic heterocycles. The van der Waals surface area contributed by atoms with Crippen molar-refractivity contribution in [3.63, 3.8) is 0 Å². The quantitative estimate of drug-likeness (QED) is 0.430. The van der Waals surface area contributed by atoms with Crippen LogP contribution in [0, 0.1) is 13.8 Å². The Morgan fingerprint density at radius 3 is 2.32 bits per heavy atom. The molecule has 1 heterocycles. The maximum atomic E-state index is 12.1. The predicted molar refractivity (Wildman–Crippen MR) is 123 cm³/mol. The Balaban J connectivity index is 1.77. The van der Waals surface area contributed by atoms with Crippen LogP contribution in [0.2, 0.25) is 0 Å². The molecule has 156 valence electrons. The molecule has 0 saturated carbocycles. The molecule has 0 bridgehead atoms. The second-order valence-electron chi connectivity index (χ2n) is 7.90. The van der Waals surface area contributed by atoms with Gasteiger partial charge in [-0.25, -0.2) is 4.68 Å². The monoisotopic (exact) mass is 411 g/mol. The molecule has 1 unspecified atom stereocenters. The first-order valence-corrected chi connectivity index (χ1v) is 10.2. The van der Waals surface area contributed by atoms with E-state index in [1.165, 1.54) is 0 Å². The number of carbonyl (C=O) groups is 1. The summed E-state index contributed by atoms with van der Waals surface area (Å²) < 4.78 is 1.87. The number of rotatable bonds is 6. The molecule has 1 atom stereocenters. The number of nitrogens with two attached hydrogens (primary N) is 1. The van der Waals surface area contributed by atoms with Gasteiger partial charge in [-0.05, 0) is 49.7 Å². The van der Waals surface area contributed by atoms with E-state index in [1.54, 1.807) is 0 Å². The lowest BCUT2D eigenvalue weighted by molar-refractivity contribution is -0.138. The van der Waals surface area contributed by atoms with Crippen LogP contribution in [0.1, 0.15) is 28.3 Å². The van der Waals surface area contributed by atoms with Gasteiger partial charge >= 0.3 is 5.97 Å². The highest BCUT2D eigenvalue weighted by Crippen LogP contribution is 2.28. The average Bonchev–Trinajstić information content (AvgIpc) is 3.17. The molecule has 0 aliphatic heterocycles. The zero-order valence-electron chi connectivity index (χ0n) is 17.6. The van der Waals surface area contributed by atoms with Gasteiger partial charge in [0.05, 0.1) is 23.0 Å². The number of aliphatic carboxylic acids is 1. The van der Waals surface area contributed by atoms with Gasteiger partial charge in [-0.1, -0.05) is 59.7 Å². The SMILES string of the molecule is Cc1ccc(-n2nc(CC(C(=O)O)c3cccc(C)c3)cc2-c2ccc(N)cc2)cc1. The summed E-state index contributed by atoms with van der Waals surface area (Å²) in [5, 5.41) is 14.7. The average molecular weight is 412 g/mol. The molecule has 0 aliphatic carbocycles. The maximum Gasteiger partial charge on any atom is 0.311 e. The Kier molecular flexibility index (Phi) is 5.58. The van der Waals surface area contributed by atoms with Crippen LogP contribution in [0.15, 0.2) is 78.9 Å². The molecule has 0 spiro atoms. The van der Waals surface area contributed by atoms with Crippen LogP contribution in [0.3, 0.4) is 0 Å². The largest absolute Gasteiger partial charge is 0.481 e. The zero-order chi connectivity index (χ0) is 22.0. The van der Waals surface area contributed by atoms with Gasteiger partial charge in [0.2, 0.25) is 0 Å². The minimum atomic E-state index is -0.857. The van der Waals surface area contributed by atoms with Crippen LogP contribution in [0.4, 0.5) is 5.69 Å². The molecule has 0 amide bonds. The van der Waals surface area contributed by atoms with Gasteiger partial charge in [-0.15, -0.1) is 0 Å². The summed E-state index contributed by atoms with van der Waals surface area (Å²) >= 11 is 0. The van der Waals surface area contributed by atoms with Crippen LogP contribution in [0.5, 0.6) is 0 Å². The third-order valence-corrected chi connectivity index (χ3v) is 5.40. The van der Waals surface area contributed by atoms with Crippen molar-refractivity contribution in [2.75, 3.05) is 5.73 Å². The number of hydrogen-bond donors (Lipinski definition) is 2. The van der Waals surface area contributed by atoms with Crippen molar-refractivity contribution in [3.8, 4) is 16.9 Å². The Labute approximate surface area is 181 Å². The number of nitrogen functional groups attached to an aromatic ring is 1. The summed E-state index contributed by atoms with van der Waals surface area (Å²) in [5.41, 5.74) is 13.0. The molecular weight excluding hydrogens is 386 g/mol. The van der Waals surface area contributed by atoms with Crippen molar-refractivity contribution in [1.82, 2.24) is 9.78 Å². The van der Waals surface area contributed by atoms with Crippen molar-refractivity contribution in [3.05, 3.63) is 101 Å². The second kappa shape index (κ2) is 8.48. The summed E-state index contributed by atoms with van der Waals surface area (Å²) in [6.45, 7) is 4.01. The summed E-state index contributed by atoms with van der Waals surface area (Å²) in [7, 11) is 0. The molecule has 0 radical (unpaired) electrons. The number of anilines is 1. The van der Waals surface area contributed by atoms with Gasteiger partial charge in [0.15, 0.2) is 0 Å². The Bertz CT molecular complexity index is 1150. The minimum Gasteiger partial charge on any atom is -0.481 e. The first-order chi connectivity index (χ1) is 14.9. The molecule has 0 saturated heterocycles. The Hall–Kier alpha value is -3.86. The van der Waals surface area contributed by atoms with E-state index in [2.05, 4.69) is 0 Å². The summed E-state index contributed by atoms with van der Waals surface area (Å²) in [4.78, 5) is 12.1. The molecule has 3 N–H and O–H groups in total. The predicted octanol–water partition coefficient (Wildman–Crippen LogP) is 5.15. The highest BCUT2D eigenvalue weighted by atomic mass is 16.4. The van der Waals surface area contributed by atoms with E-state index in [1.807, 2.05) is 97.4 Å². The number of nitrogens with zero attached hydrogens (tertiary/aromatic N) is 2. The van der Waals surface area contributed by atoms with Gasteiger partial charge in [0.25, 0.3) is 0 Å². The van der Waals surface area contributed by atoms with Gasteiger partial charge < -0.3 is 10.8 Å². The van der Waals surface area contributed by atoms with Crippen molar-refractivity contribution in [1.29, 1.82) is 0 Å². The number of carboxylic acid groups (broad SMARTS) is 1. The number of benzene rings is 3. The minimum absolute atomic E-state index is 0.305. The van der Waals surface area contributed by atoms with E-state index >= 15 is 0 Å². The smallest absolute Gasteiger partial charge is 0.311 e. The molecular formula is C26H25N3O2. The molecule has 5 nitrogen and oxygen atoms in total.